The highest BCUT2D eigenvalue weighted by molar-refractivity contribution is 5.53. The van der Waals surface area contributed by atoms with Crippen LogP contribution in [0.1, 0.15) is 25.3 Å². The molecular weight excluding hydrogens is 236 g/mol. The number of nitrogens with one attached hydrogen (secondary N) is 1. The normalized spacial score (nSPS) is 23.6. The van der Waals surface area contributed by atoms with E-state index in [2.05, 4.69) is 33.1 Å². The molecule has 19 heavy (non-hydrogen) atoms. The topological polar surface area (TPSA) is 31.4 Å². The molecule has 0 amide bonds. The summed E-state index contributed by atoms with van der Waals surface area (Å²) in [5.41, 5.74) is 2.71. The van der Waals surface area contributed by atoms with Crippen LogP contribution in [0.3, 0.4) is 0 Å². The van der Waals surface area contributed by atoms with Crippen LogP contribution in [0.15, 0.2) is 18.5 Å². The van der Waals surface area contributed by atoms with Crippen LogP contribution < -0.4 is 10.2 Å². The van der Waals surface area contributed by atoms with Gasteiger partial charge >= 0.3 is 0 Å². The lowest BCUT2D eigenvalue weighted by atomic mass is 10.1. The Morgan fingerprint density at radius 3 is 3.21 bits per heavy atom. The molecule has 2 aliphatic rings. The van der Waals surface area contributed by atoms with Crippen molar-refractivity contribution in [1.29, 1.82) is 0 Å². The highest BCUT2D eigenvalue weighted by atomic mass is 15.3. The van der Waals surface area contributed by atoms with Crippen LogP contribution in [0.4, 0.5) is 5.69 Å². The Kier molecular flexibility index (Phi) is 3.99. The number of fused-ring (bicyclic) bond motifs is 1. The quantitative estimate of drug-likeness (QED) is 0.888. The molecule has 3 rings (SSSR count). The Labute approximate surface area is 115 Å². The second-order valence-corrected chi connectivity index (χ2v) is 5.56. The first-order chi connectivity index (χ1) is 9.38. The molecule has 1 unspecified atom stereocenters. The molecule has 3 heterocycles. The molecule has 0 bridgehead atoms. The van der Waals surface area contributed by atoms with Crippen molar-refractivity contribution in [2.45, 2.75) is 32.4 Å². The summed E-state index contributed by atoms with van der Waals surface area (Å²) >= 11 is 0. The second-order valence-electron chi connectivity index (χ2n) is 5.56. The molecule has 4 nitrogen and oxygen atoms in total. The largest absolute Gasteiger partial charge is 0.368 e. The van der Waals surface area contributed by atoms with E-state index in [9.17, 15) is 0 Å². The van der Waals surface area contributed by atoms with Crippen molar-refractivity contribution in [3.63, 3.8) is 0 Å². The summed E-state index contributed by atoms with van der Waals surface area (Å²) < 4.78 is 0. The van der Waals surface area contributed by atoms with Gasteiger partial charge in [-0.2, -0.15) is 0 Å². The third-order valence-corrected chi connectivity index (χ3v) is 4.37. The number of anilines is 1. The summed E-state index contributed by atoms with van der Waals surface area (Å²) in [6.45, 7) is 8.93. The first-order valence-electron chi connectivity index (χ1n) is 7.51. The minimum absolute atomic E-state index is 0.772. The first kappa shape index (κ1) is 12.9. The van der Waals surface area contributed by atoms with Gasteiger partial charge in [-0.25, -0.2) is 0 Å². The monoisotopic (exact) mass is 260 g/mol. The van der Waals surface area contributed by atoms with Crippen molar-refractivity contribution in [2.24, 2.45) is 0 Å². The Morgan fingerprint density at radius 1 is 1.37 bits per heavy atom. The fourth-order valence-electron chi connectivity index (χ4n) is 3.33. The zero-order valence-electron chi connectivity index (χ0n) is 11.8. The SMILES string of the molecule is CCNCc1cnccc1N1CCN2CCCC2C1. The molecule has 2 aliphatic heterocycles. The van der Waals surface area contributed by atoms with Gasteiger partial charge in [0.25, 0.3) is 0 Å². The Morgan fingerprint density at radius 2 is 2.32 bits per heavy atom. The molecular formula is C15H24N4. The lowest BCUT2D eigenvalue weighted by Crippen LogP contribution is -2.50. The Bertz CT molecular complexity index is 420. The summed E-state index contributed by atoms with van der Waals surface area (Å²) in [4.78, 5) is 9.49. The van der Waals surface area contributed by atoms with Crippen LogP contribution in [0.2, 0.25) is 0 Å². The third-order valence-electron chi connectivity index (χ3n) is 4.37. The summed E-state index contributed by atoms with van der Waals surface area (Å²) in [6, 6.07) is 2.95. The van der Waals surface area contributed by atoms with Gasteiger partial charge in [-0.05, 0) is 32.0 Å². The van der Waals surface area contributed by atoms with E-state index in [0.717, 1.165) is 25.7 Å². The van der Waals surface area contributed by atoms with Crippen LogP contribution in [0, 0.1) is 0 Å². The summed E-state index contributed by atoms with van der Waals surface area (Å²) in [5.74, 6) is 0. The maximum absolute atomic E-state index is 4.28. The first-order valence-corrected chi connectivity index (χ1v) is 7.51. The number of rotatable bonds is 4. The van der Waals surface area contributed by atoms with Gasteiger partial charge in [0, 0.05) is 55.9 Å². The number of hydrogen-bond donors (Lipinski definition) is 1. The number of pyridine rings is 1. The second kappa shape index (κ2) is 5.88. The minimum Gasteiger partial charge on any atom is -0.368 e. The third kappa shape index (κ3) is 2.74. The lowest BCUT2D eigenvalue weighted by molar-refractivity contribution is 0.231. The number of nitrogens with zero attached hydrogens (tertiary/aromatic N) is 3. The maximum atomic E-state index is 4.28. The molecule has 1 aromatic heterocycles. The number of hydrogen-bond acceptors (Lipinski definition) is 4. The highest BCUT2D eigenvalue weighted by Gasteiger charge is 2.31. The van der Waals surface area contributed by atoms with E-state index in [0.29, 0.717) is 0 Å². The van der Waals surface area contributed by atoms with E-state index in [1.165, 1.54) is 43.7 Å². The van der Waals surface area contributed by atoms with Crippen molar-refractivity contribution >= 4 is 5.69 Å². The van der Waals surface area contributed by atoms with Crippen molar-refractivity contribution in [3.8, 4) is 0 Å². The molecule has 2 saturated heterocycles. The van der Waals surface area contributed by atoms with Gasteiger partial charge < -0.3 is 10.2 Å². The predicted molar refractivity (Wildman–Crippen MR) is 78.4 cm³/mol. The van der Waals surface area contributed by atoms with E-state index in [-0.39, 0.29) is 0 Å². The molecule has 1 aromatic rings. The van der Waals surface area contributed by atoms with Gasteiger partial charge in [0.2, 0.25) is 0 Å². The highest BCUT2D eigenvalue weighted by Crippen LogP contribution is 2.27. The van der Waals surface area contributed by atoms with Crippen molar-refractivity contribution in [1.82, 2.24) is 15.2 Å². The van der Waals surface area contributed by atoms with Gasteiger partial charge in [-0.15, -0.1) is 0 Å². The number of aromatic nitrogens is 1. The Balaban J connectivity index is 1.74. The summed E-state index contributed by atoms with van der Waals surface area (Å²) in [7, 11) is 0. The molecule has 1 N–H and O–H groups in total. The molecule has 104 valence electrons. The zero-order valence-corrected chi connectivity index (χ0v) is 11.8. The summed E-state index contributed by atoms with van der Waals surface area (Å²) in [6.07, 6.45) is 6.67. The van der Waals surface area contributed by atoms with E-state index in [1.807, 2.05) is 12.4 Å². The molecule has 0 aromatic carbocycles. The van der Waals surface area contributed by atoms with Crippen LogP contribution in [-0.2, 0) is 6.54 Å². The van der Waals surface area contributed by atoms with Gasteiger partial charge in [-0.1, -0.05) is 6.92 Å². The fraction of sp³-hybridized carbons (Fsp3) is 0.667. The predicted octanol–water partition coefficient (Wildman–Crippen LogP) is 1.48. The molecule has 2 fully saturated rings. The fourth-order valence-corrected chi connectivity index (χ4v) is 3.33. The smallest absolute Gasteiger partial charge is 0.0443 e. The zero-order chi connectivity index (χ0) is 13.1. The van der Waals surface area contributed by atoms with Gasteiger partial charge in [-0.3, -0.25) is 9.88 Å². The molecule has 0 saturated carbocycles. The molecule has 4 heteroatoms. The van der Waals surface area contributed by atoms with Gasteiger partial charge in [0.05, 0.1) is 0 Å². The minimum atomic E-state index is 0.772. The van der Waals surface area contributed by atoms with Crippen molar-refractivity contribution in [3.05, 3.63) is 24.0 Å². The van der Waals surface area contributed by atoms with E-state index >= 15 is 0 Å². The average Bonchev–Trinajstić information content (AvgIpc) is 2.92. The average molecular weight is 260 g/mol. The molecule has 1 atom stereocenters. The standard InChI is InChI=1S/C15H24N4/c1-2-16-10-13-11-17-6-5-15(13)19-9-8-18-7-3-4-14(18)12-19/h5-6,11,14,16H,2-4,7-10,12H2,1H3. The van der Waals surface area contributed by atoms with Crippen LogP contribution in [0.25, 0.3) is 0 Å². The Hall–Kier alpha value is -1.13. The van der Waals surface area contributed by atoms with E-state index in [1.54, 1.807) is 0 Å². The van der Waals surface area contributed by atoms with Crippen molar-refractivity contribution < 1.29 is 0 Å². The van der Waals surface area contributed by atoms with Crippen LogP contribution >= 0.6 is 0 Å². The number of piperazine rings is 1. The van der Waals surface area contributed by atoms with Crippen LogP contribution in [0.5, 0.6) is 0 Å². The summed E-state index contributed by atoms with van der Waals surface area (Å²) in [5, 5.41) is 3.41. The maximum Gasteiger partial charge on any atom is 0.0443 e. The molecule has 0 aliphatic carbocycles. The molecule has 0 spiro atoms. The van der Waals surface area contributed by atoms with E-state index in [4.69, 9.17) is 0 Å². The van der Waals surface area contributed by atoms with E-state index < -0.39 is 0 Å². The van der Waals surface area contributed by atoms with Crippen LogP contribution in [-0.4, -0.2) is 48.6 Å². The molecule has 0 radical (unpaired) electrons. The van der Waals surface area contributed by atoms with Gasteiger partial charge in [0.1, 0.15) is 0 Å². The van der Waals surface area contributed by atoms with Crippen molar-refractivity contribution in [2.75, 3.05) is 37.6 Å². The lowest BCUT2D eigenvalue weighted by Gasteiger charge is -2.39. The van der Waals surface area contributed by atoms with Gasteiger partial charge in [0.15, 0.2) is 0 Å².